The Morgan fingerprint density at radius 3 is 2.76 bits per heavy atom. The van der Waals surface area contributed by atoms with E-state index in [1.165, 1.54) is 12.1 Å². The highest BCUT2D eigenvalue weighted by Crippen LogP contribution is 2.38. The van der Waals surface area contributed by atoms with Crippen LogP contribution < -0.4 is 5.32 Å². The molecule has 1 saturated heterocycles. The molecule has 0 bridgehead atoms. The molecule has 0 aromatic heterocycles. The predicted octanol–water partition coefficient (Wildman–Crippen LogP) is 2.81. The molecule has 0 saturated carbocycles. The Kier molecular flexibility index (Phi) is 5.48. The molecule has 2 heterocycles. The summed E-state index contributed by atoms with van der Waals surface area (Å²) in [6, 6.07) is 6.21. The largest absolute Gasteiger partial charge is 0.392 e. The number of nitrogens with zero attached hydrogens (tertiary/aromatic N) is 1. The van der Waals surface area contributed by atoms with Crippen LogP contribution in [-0.2, 0) is 14.4 Å². The van der Waals surface area contributed by atoms with Crippen molar-refractivity contribution >= 4 is 11.6 Å². The number of ether oxygens (including phenoxy) is 1. The fourth-order valence-electron chi connectivity index (χ4n) is 3.42. The first kappa shape index (κ1) is 17.6. The van der Waals surface area contributed by atoms with Gasteiger partial charge in [-0.3, -0.25) is 4.79 Å². The van der Waals surface area contributed by atoms with Gasteiger partial charge in [0.1, 0.15) is 11.9 Å². The van der Waals surface area contributed by atoms with Crippen molar-refractivity contribution < 1.29 is 18.8 Å². The van der Waals surface area contributed by atoms with Crippen molar-refractivity contribution in [2.75, 3.05) is 19.8 Å². The van der Waals surface area contributed by atoms with Gasteiger partial charge in [-0.05, 0) is 30.5 Å². The summed E-state index contributed by atoms with van der Waals surface area (Å²) in [5, 5.41) is 7.07. The maximum Gasteiger partial charge on any atom is 0.226 e. The van der Waals surface area contributed by atoms with E-state index in [-0.39, 0.29) is 17.8 Å². The van der Waals surface area contributed by atoms with Crippen molar-refractivity contribution in [3.63, 3.8) is 0 Å². The summed E-state index contributed by atoms with van der Waals surface area (Å²) in [5.41, 5.74) is 1.14. The highest BCUT2D eigenvalue weighted by Gasteiger charge is 2.43. The number of benzene rings is 1. The van der Waals surface area contributed by atoms with Crippen molar-refractivity contribution in [3.05, 3.63) is 48.3 Å². The first-order chi connectivity index (χ1) is 12.1. The van der Waals surface area contributed by atoms with Gasteiger partial charge in [-0.25, -0.2) is 4.39 Å². The van der Waals surface area contributed by atoms with E-state index in [1.807, 2.05) is 0 Å². The van der Waals surface area contributed by atoms with Gasteiger partial charge in [-0.2, -0.15) is 0 Å². The van der Waals surface area contributed by atoms with Gasteiger partial charge in [0.25, 0.3) is 0 Å². The second-order valence-electron chi connectivity index (χ2n) is 6.57. The van der Waals surface area contributed by atoms with E-state index in [9.17, 15) is 9.18 Å². The van der Waals surface area contributed by atoms with Crippen LogP contribution in [0.5, 0.6) is 0 Å². The van der Waals surface area contributed by atoms with Crippen molar-refractivity contribution in [1.29, 1.82) is 0 Å². The number of carbonyl (C=O) groups excluding carboxylic acids is 1. The average molecular weight is 346 g/mol. The maximum absolute atomic E-state index is 13.1. The predicted molar refractivity (Wildman–Crippen MR) is 92.7 cm³/mol. The van der Waals surface area contributed by atoms with E-state index in [0.29, 0.717) is 45.4 Å². The summed E-state index contributed by atoms with van der Waals surface area (Å²) in [6.07, 6.45) is 4.06. The van der Waals surface area contributed by atoms with Gasteiger partial charge in [-0.15, -0.1) is 6.58 Å². The molecule has 0 radical (unpaired) electrons. The quantitative estimate of drug-likeness (QED) is 0.806. The van der Waals surface area contributed by atoms with E-state index >= 15 is 0 Å². The summed E-state index contributed by atoms with van der Waals surface area (Å²) in [4.78, 5) is 18.3. The molecule has 6 heteroatoms. The van der Waals surface area contributed by atoms with E-state index in [0.717, 1.165) is 11.3 Å². The van der Waals surface area contributed by atoms with Gasteiger partial charge in [0.15, 0.2) is 0 Å². The van der Waals surface area contributed by atoms with Crippen LogP contribution in [0.25, 0.3) is 0 Å². The summed E-state index contributed by atoms with van der Waals surface area (Å²) in [7, 11) is 0. The average Bonchev–Trinajstić information content (AvgIpc) is 3.09. The molecule has 0 spiro atoms. The SMILES string of the molecule is C=CCNC(=O)C1(CC2CC(c3ccc(F)cc3)=NO2)CCOCC1. The van der Waals surface area contributed by atoms with Crippen molar-refractivity contribution in [3.8, 4) is 0 Å². The molecule has 1 aromatic carbocycles. The Hall–Kier alpha value is -2.21. The molecule has 1 aromatic rings. The lowest BCUT2D eigenvalue weighted by atomic mass is 9.74. The highest BCUT2D eigenvalue weighted by atomic mass is 19.1. The second kappa shape index (κ2) is 7.78. The van der Waals surface area contributed by atoms with Crippen molar-refractivity contribution in [2.24, 2.45) is 10.6 Å². The Bertz CT molecular complexity index is 651. The number of oxime groups is 1. The molecule has 1 fully saturated rings. The monoisotopic (exact) mass is 346 g/mol. The fourth-order valence-corrected chi connectivity index (χ4v) is 3.42. The van der Waals surface area contributed by atoms with E-state index in [2.05, 4.69) is 17.1 Å². The molecular formula is C19H23FN2O3. The standard InChI is InChI=1S/C19H23FN2O3/c1-2-9-21-18(23)19(7-10-24-11-8-19)13-16-12-17(22-25-16)14-3-5-15(20)6-4-14/h2-6,16H,1,7-13H2,(H,21,23). The summed E-state index contributed by atoms with van der Waals surface area (Å²) in [5.74, 6) is -0.255. The number of carbonyl (C=O) groups is 1. The van der Waals surface area contributed by atoms with E-state index in [4.69, 9.17) is 9.57 Å². The number of nitrogens with one attached hydrogen (secondary N) is 1. The van der Waals surface area contributed by atoms with Gasteiger partial charge >= 0.3 is 0 Å². The zero-order valence-corrected chi connectivity index (χ0v) is 14.2. The number of amides is 1. The van der Waals surface area contributed by atoms with Crippen LogP contribution in [0.4, 0.5) is 4.39 Å². The lowest BCUT2D eigenvalue weighted by Gasteiger charge is -2.36. The minimum absolute atomic E-state index is 0.0227. The number of rotatable bonds is 6. The maximum atomic E-state index is 13.1. The number of hydrogen-bond acceptors (Lipinski definition) is 4. The lowest BCUT2D eigenvalue weighted by molar-refractivity contribution is -0.139. The zero-order valence-electron chi connectivity index (χ0n) is 14.2. The first-order valence-electron chi connectivity index (χ1n) is 8.58. The van der Waals surface area contributed by atoms with Crippen LogP contribution in [0, 0.1) is 11.2 Å². The molecule has 2 aliphatic heterocycles. The first-order valence-corrected chi connectivity index (χ1v) is 8.58. The Balaban J connectivity index is 1.66. The van der Waals surface area contributed by atoms with Gasteiger partial charge in [0.2, 0.25) is 5.91 Å². The van der Waals surface area contributed by atoms with Gasteiger partial charge in [0.05, 0.1) is 11.1 Å². The van der Waals surface area contributed by atoms with Crippen molar-refractivity contribution in [2.45, 2.75) is 31.8 Å². The number of hydrogen-bond donors (Lipinski definition) is 1. The molecule has 2 aliphatic rings. The fraction of sp³-hybridized carbons (Fsp3) is 0.474. The minimum Gasteiger partial charge on any atom is -0.392 e. The molecule has 5 nitrogen and oxygen atoms in total. The third-order valence-electron chi connectivity index (χ3n) is 4.87. The molecule has 1 N–H and O–H groups in total. The Morgan fingerprint density at radius 1 is 1.36 bits per heavy atom. The van der Waals surface area contributed by atoms with Crippen LogP contribution in [0.3, 0.4) is 0 Å². The molecule has 134 valence electrons. The van der Waals surface area contributed by atoms with Crippen molar-refractivity contribution in [1.82, 2.24) is 5.32 Å². The van der Waals surface area contributed by atoms with Crippen LogP contribution >= 0.6 is 0 Å². The van der Waals surface area contributed by atoms with E-state index < -0.39 is 5.41 Å². The van der Waals surface area contributed by atoms with E-state index in [1.54, 1.807) is 18.2 Å². The summed E-state index contributed by atoms with van der Waals surface area (Å²) >= 11 is 0. The number of halogens is 1. The summed E-state index contributed by atoms with van der Waals surface area (Å²) in [6.45, 7) is 5.23. The summed E-state index contributed by atoms with van der Waals surface area (Å²) < 4.78 is 18.5. The van der Waals surface area contributed by atoms with Crippen LogP contribution in [0.2, 0.25) is 0 Å². The Morgan fingerprint density at radius 2 is 2.08 bits per heavy atom. The van der Waals surface area contributed by atoms with Gasteiger partial charge < -0.3 is 14.9 Å². The van der Waals surface area contributed by atoms with Gasteiger partial charge in [0, 0.05) is 32.6 Å². The van der Waals surface area contributed by atoms with Gasteiger partial charge in [-0.1, -0.05) is 23.4 Å². The zero-order chi connectivity index (χ0) is 17.7. The topological polar surface area (TPSA) is 59.9 Å². The molecule has 1 amide bonds. The second-order valence-corrected chi connectivity index (χ2v) is 6.57. The van der Waals surface area contributed by atoms with Crippen LogP contribution in [-0.4, -0.2) is 37.5 Å². The molecular weight excluding hydrogens is 323 g/mol. The smallest absolute Gasteiger partial charge is 0.226 e. The molecule has 1 unspecified atom stereocenters. The van der Waals surface area contributed by atoms with Crippen LogP contribution in [0.1, 0.15) is 31.2 Å². The third kappa shape index (κ3) is 4.07. The van der Waals surface area contributed by atoms with Crippen LogP contribution in [0.15, 0.2) is 42.1 Å². The molecule has 0 aliphatic carbocycles. The molecule has 25 heavy (non-hydrogen) atoms. The minimum atomic E-state index is -0.500. The third-order valence-corrected chi connectivity index (χ3v) is 4.87. The molecule has 1 atom stereocenters. The lowest BCUT2D eigenvalue weighted by Crippen LogP contribution is -2.46. The Labute approximate surface area is 146 Å². The molecule has 3 rings (SSSR count). The normalized spacial score (nSPS) is 22.0. The highest BCUT2D eigenvalue weighted by molar-refractivity contribution is 6.01.